The summed E-state index contributed by atoms with van der Waals surface area (Å²) < 4.78 is 2.55. The van der Waals surface area contributed by atoms with Crippen molar-refractivity contribution in [2.75, 3.05) is 6.61 Å². The van der Waals surface area contributed by atoms with Gasteiger partial charge in [-0.3, -0.25) is 19.7 Å². The number of aliphatic hydroxyl groups is 1. The van der Waals surface area contributed by atoms with Gasteiger partial charge in [0.1, 0.15) is 6.61 Å². The van der Waals surface area contributed by atoms with E-state index in [1.165, 1.54) is 12.1 Å². The van der Waals surface area contributed by atoms with E-state index in [0.717, 1.165) is 19.1 Å². The highest BCUT2D eigenvalue weighted by molar-refractivity contribution is 6.58. The number of primary amides is 1. The van der Waals surface area contributed by atoms with Gasteiger partial charge >= 0.3 is 5.97 Å². The highest BCUT2D eigenvalue weighted by atomic mass is 35.5. The number of carbonyl (C=O) groups is 2. The molecule has 2 atom stereocenters. The van der Waals surface area contributed by atoms with E-state index in [0.29, 0.717) is 0 Å². The molecule has 126 valence electrons. The van der Waals surface area contributed by atoms with Gasteiger partial charge in [-0.15, -0.1) is 0 Å². The number of non-ortho nitro benzene ring substituents is 1. The van der Waals surface area contributed by atoms with E-state index in [1.54, 1.807) is 0 Å². The Labute approximate surface area is 141 Å². The molecule has 0 aliphatic rings. The van der Waals surface area contributed by atoms with Gasteiger partial charge in [-0.2, -0.15) is 0 Å². The Bertz CT molecular complexity index is 605. The molecule has 0 aliphatic carbocycles. The van der Waals surface area contributed by atoms with Crippen LogP contribution in [0.2, 0.25) is 0 Å². The van der Waals surface area contributed by atoms with Crippen LogP contribution in [-0.4, -0.2) is 32.8 Å². The molecule has 0 saturated heterocycles. The molecule has 3 N–H and O–H groups in total. The van der Waals surface area contributed by atoms with Crippen LogP contribution in [-0.2, 0) is 14.3 Å². The van der Waals surface area contributed by atoms with Crippen LogP contribution in [0.3, 0.4) is 0 Å². The van der Waals surface area contributed by atoms with Crippen LogP contribution in [0.4, 0.5) is 5.69 Å². The van der Waals surface area contributed by atoms with Crippen molar-refractivity contribution >= 4 is 40.8 Å². The summed E-state index contributed by atoms with van der Waals surface area (Å²) >= 11 is 11.8. The third-order valence-electron chi connectivity index (χ3n) is 3.09. The van der Waals surface area contributed by atoms with Crippen molar-refractivity contribution in [2.45, 2.75) is 17.4 Å². The van der Waals surface area contributed by atoms with E-state index in [4.69, 9.17) is 33.7 Å². The fourth-order valence-electron chi connectivity index (χ4n) is 1.81. The lowest BCUT2D eigenvalue weighted by Crippen LogP contribution is -2.45. The number of alkyl halides is 2. The van der Waals surface area contributed by atoms with Gasteiger partial charge in [-0.05, 0) is 17.7 Å². The van der Waals surface area contributed by atoms with E-state index in [-0.39, 0.29) is 11.3 Å². The number of nitrogens with zero attached hydrogens (tertiary/aromatic N) is 1. The van der Waals surface area contributed by atoms with Gasteiger partial charge in [0.15, 0.2) is 0 Å². The summed E-state index contributed by atoms with van der Waals surface area (Å²) in [6.07, 6.45) is -1.45. The topological polar surface area (TPSA) is 133 Å². The van der Waals surface area contributed by atoms with Crippen LogP contribution in [0.1, 0.15) is 18.6 Å². The predicted octanol–water partition coefficient (Wildman–Crippen LogP) is 1.47. The lowest BCUT2D eigenvalue weighted by atomic mass is 9.92. The number of carbonyl (C=O) groups excluding carboxylic acids is 2. The zero-order valence-electron chi connectivity index (χ0n) is 11.9. The number of nitro benzene ring substituents is 1. The maximum absolute atomic E-state index is 11.4. The fraction of sp³-hybridized carbons (Fsp3) is 0.385. The standard InChI is InChI=1S/C13H14Cl2N2O6/c1-7(18)23-6-10(13(14,15)12(16)20)11(19)8-2-4-9(5-3-8)17(21)22/h2-5,10-11,19H,6H2,1H3,(H2,16,20). The SMILES string of the molecule is CC(=O)OCC(C(O)c1ccc([N+](=O)[O-])cc1)C(Cl)(Cl)C(N)=O. The van der Waals surface area contributed by atoms with Gasteiger partial charge in [-0.1, -0.05) is 23.2 Å². The highest BCUT2D eigenvalue weighted by Gasteiger charge is 2.46. The Morgan fingerprint density at radius 1 is 1.39 bits per heavy atom. The van der Waals surface area contributed by atoms with Crippen molar-refractivity contribution < 1.29 is 24.4 Å². The van der Waals surface area contributed by atoms with Crippen LogP contribution >= 0.6 is 23.2 Å². The zero-order valence-corrected chi connectivity index (χ0v) is 13.5. The molecule has 0 aromatic heterocycles. The molecule has 0 fully saturated rings. The van der Waals surface area contributed by atoms with Crippen LogP contribution in [0.25, 0.3) is 0 Å². The first kappa shape index (κ1) is 19.1. The Morgan fingerprint density at radius 2 is 1.91 bits per heavy atom. The first-order valence-electron chi connectivity index (χ1n) is 6.30. The largest absolute Gasteiger partial charge is 0.465 e. The quantitative estimate of drug-likeness (QED) is 0.325. The Balaban J connectivity index is 3.11. The van der Waals surface area contributed by atoms with Crippen molar-refractivity contribution in [3.05, 3.63) is 39.9 Å². The molecule has 0 saturated carbocycles. The number of hydrogen-bond acceptors (Lipinski definition) is 6. The second-order valence-corrected chi connectivity index (χ2v) is 6.08. The first-order chi connectivity index (χ1) is 10.6. The minimum absolute atomic E-state index is 0.185. The molecule has 1 aromatic rings. The highest BCUT2D eigenvalue weighted by Crippen LogP contribution is 2.39. The molecule has 2 unspecified atom stereocenters. The maximum atomic E-state index is 11.4. The van der Waals surface area contributed by atoms with E-state index >= 15 is 0 Å². The summed E-state index contributed by atoms with van der Waals surface area (Å²) in [5.74, 6) is -3.06. The minimum atomic E-state index is -2.21. The number of hydrogen-bond donors (Lipinski definition) is 2. The molecule has 8 nitrogen and oxygen atoms in total. The fourth-order valence-corrected chi connectivity index (χ4v) is 2.17. The molecule has 0 bridgehead atoms. The van der Waals surface area contributed by atoms with Crippen molar-refractivity contribution in [1.82, 2.24) is 0 Å². The van der Waals surface area contributed by atoms with Gasteiger partial charge < -0.3 is 15.6 Å². The van der Waals surface area contributed by atoms with Crippen LogP contribution < -0.4 is 5.73 Å². The average molecular weight is 365 g/mol. The molecule has 1 aromatic carbocycles. The van der Waals surface area contributed by atoms with Gasteiger partial charge in [0.25, 0.3) is 11.6 Å². The van der Waals surface area contributed by atoms with E-state index in [1.807, 2.05) is 0 Å². The minimum Gasteiger partial charge on any atom is -0.465 e. The first-order valence-corrected chi connectivity index (χ1v) is 7.06. The molecule has 1 amide bonds. The summed E-state index contributed by atoms with van der Waals surface area (Å²) in [5.41, 5.74) is 5.12. The number of aliphatic hydroxyl groups excluding tert-OH is 1. The second-order valence-electron chi connectivity index (χ2n) is 4.69. The lowest BCUT2D eigenvalue weighted by molar-refractivity contribution is -0.384. The third kappa shape index (κ3) is 4.78. The number of nitro groups is 1. The number of amides is 1. The predicted molar refractivity (Wildman–Crippen MR) is 81.8 cm³/mol. The van der Waals surface area contributed by atoms with Gasteiger partial charge in [0, 0.05) is 19.1 Å². The maximum Gasteiger partial charge on any atom is 0.302 e. The smallest absolute Gasteiger partial charge is 0.302 e. The van der Waals surface area contributed by atoms with Gasteiger partial charge in [0.2, 0.25) is 4.33 Å². The van der Waals surface area contributed by atoms with Gasteiger partial charge in [0.05, 0.1) is 16.9 Å². The number of benzene rings is 1. The summed E-state index contributed by atoms with van der Waals surface area (Å²) in [7, 11) is 0. The van der Waals surface area contributed by atoms with Crippen LogP contribution in [0.15, 0.2) is 24.3 Å². The molecule has 0 heterocycles. The number of rotatable bonds is 7. The molecule has 0 aliphatic heterocycles. The Kier molecular flexibility index (Phi) is 6.31. The van der Waals surface area contributed by atoms with Crippen molar-refractivity contribution in [2.24, 2.45) is 11.7 Å². The number of esters is 1. The normalized spacial score (nSPS) is 13.9. The van der Waals surface area contributed by atoms with Crippen molar-refractivity contribution in [3.8, 4) is 0 Å². The van der Waals surface area contributed by atoms with Crippen LogP contribution in [0.5, 0.6) is 0 Å². The van der Waals surface area contributed by atoms with E-state index in [2.05, 4.69) is 0 Å². The molecular weight excluding hydrogens is 351 g/mol. The third-order valence-corrected chi connectivity index (χ3v) is 4.02. The number of ether oxygens (including phenoxy) is 1. The Hall–Kier alpha value is -1.90. The zero-order chi connectivity index (χ0) is 17.8. The van der Waals surface area contributed by atoms with Crippen molar-refractivity contribution in [3.63, 3.8) is 0 Å². The summed E-state index contributed by atoms with van der Waals surface area (Å²) in [4.78, 5) is 32.4. The van der Waals surface area contributed by atoms with Crippen LogP contribution in [0, 0.1) is 16.0 Å². The summed E-state index contributed by atoms with van der Waals surface area (Å²) in [5, 5.41) is 21.0. The molecule has 23 heavy (non-hydrogen) atoms. The summed E-state index contributed by atoms with van der Waals surface area (Å²) in [6, 6.07) is 4.87. The lowest BCUT2D eigenvalue weighted by Gasteiger charge is -2.30. The molecule has 10 heteroatoms. The molecule has 0 radical (unpaired) electrons. The van der Waals surface area contributed by atoms with E-state index in [9.17, 15) is 24.8 Å². The average Bonchev–Trinajstić information content (AvgIpc) is 2.46. The van der Waals surface area contributed by atoms with Crippen molar-refractivity contribution in [1.29, 1.82) is 0 Å². The second kappa shape index (κ2) is 7.58. The molecule has 0 spiro atoms. The molecule has 1 rings (SSSR count). The number of nitrogens with two attached hydrogens (primary N) is 1. The van der Waals surface area contributed by atoms with Gasteiger partial charge in [-0.25, -0.2) is 0 Å². The number of halogens is 2. The van der Waals surface area contributed by atoms with E-state index < -0.39 is 39.8 Å². The summed E-state index contributed by atoms with van der Waals surface area (Å²) in [6.45, 7) is 0.660. The monoisotopic (exact) mass is 364 g/mol. The Morgan fingerprint density at radius 3 is 2.30 bits per heavy atom. The molecular formula is C13H14Cl2N2O6.